The first-order chi connectivity index (χ1) is 16.0. The molecule has 0 aromatic carbocycles. The van der Waals surface area contributed by atoms with Crippen LogP contribution in [0.5, 0.6) is 0 Å². The van der Waals surface area contributed by atoms with Crippen molar-refractivity contribution in [2.75, 3.05) is 80.1 Å². The van der Waals surface area contributed by atoms with E-state index in [9.17, 15) is 9.59 Å². The lowest BCUT2D eigenvalue weighted by atomic mass is 10.0. The van der Waals surface area contributed by atoms with Gasteiger partial charge in [-0.25, -0.2) is 4.79 Å². The molecule has 0 atom stereocenters. The summed E-state index contributed by atoms with van der Waals surface area (Å²) in [4.78, 5) is 27.4. The number of hydrogen-bond donors (Lipinski definition) is 3. The maximum atomic E-state index is 12.6. The number of unbranched alkanes of at least 4 members (excludes halogenated alkanes) is 2. The summed E-state index contributed by atoms with van der Waals surface area (Å²) in [6.45, 7) is 2.59. The second-order valence-electron chi connectivity index (χ2n) is 7.33. The third kappa shape index (κ3) is 18.0. The van der Waals surface area contributed by atoms with Crippen molar-refractivity contribution >= 4 is 12.0 Å². The second kappa shape index (κ2) is 21.7. The van der Waals surface area contributed by atoms with Crippen LogP contribution in [0.2, 0.25) is 0 Å². The summed E-state index contributed by atoms with van der Waals surface area (Å²) in [5.41, 5.74) is 12.7. The van der Waals surface area contributed by atoms with E-state index in [2.05, 4.69) is 20.7 Å². The Balaban J connectivity index is 5.08. The molecule has 33 heavy (non-hydrogen) atoms. The number of rotatable bonds is 22. The molecule has 0 saturated heterocycles. The first-order valence-electron chi connectivity index (χ1n) is 11.1. The molecule has 13 nitrogen and oxygen atoms in total. The summed E-state index contributed by atoms with van der Waals surface area (Å²) < 4.78 is 26.7. The molecule has 2 amide bonds. The van der Waals surface area contributed by atoms with Gasteiger partial charge in [0, 0.05) is 38.6 Å². The molecule has 0 bridgehead atoms. The maximum absolute atomic E-state index is 12.6. The molecule has 192 valence electrons. The molecule has 0 saturated carbocycles. The van der Waals surface area contributed by atoms with Gasteiger partial charge in [-0.1, -0.05) is 5.11 Å². The largest absolute Gasteiger partial charge is 0.447 e. The van der Waals surface area contributed by atoms with Crippen molar-refractivity contribution in [2.24, 2.45) is 10.8 Å². The summed E-state index contributed by atoms with van der Waals surface area (Å²) in [5.74, 6) is -0.256. The van der Waals surface area contributed by atoms with E-state index >= 15 is 0 Å². The van der Waals surface area contributed by atoms with Gasteiger partial charge in [0.1, 0.15) is 12.1 Å². The van der Waals surface area contributed by atoms with Gasteiger partial charge in [0.25, 0.3) is 0 Å². The molecule has 0 aromatic rings. The Kier molecular flexibility index (Phi) is 20.3. The summed E-state index contributed by atoms with van der Waals surface area (Å²) >= 11 is 0. The lowest BCUT2D eigenvalue weighted by Crippen LogP contribution is -2.59. The van der Waals surface area contributed by atoms with Crippen LogP contribution < -0.4 is 16.4 Å². The number of nitrogens with two attached hydrogens (primary N) is 1. The van der Waals surface area contributed by atoms with Crippen molar-refractivity contribution in [3.8, 4) is 0 Å². The highest BCUT2D eigenvalue weighted by Crippen LogP contribution is 2.11. The quantitative estimate of drug-likeness (QED) is 0.0899. The summed E-state index contributed by atoms with van der Waals surface area (Å²) in [5, 5.41) is 9.03. The molecule has 0 fully saturated rings. The van der Waals surface area contributed by atoms with Gasteiger partial charge in [0.15, 0.2) is 0 Å². The van der Waals surface area contributed by atoms with Crippen molar-refractivity contribution in [3.05, 3.63) is 10.4 Å². The molecule has 0 aliphatic rings. The van der Waals surface area contributed by atoms with Crippen molar-refractivity contribution < 1.29 is 33.3 Å². The summed E-state index contributed by atoms with van der Waals surface area (Å²) in [6.07, 6.45) is 2.27. The van der Waals surface area contributed by atoms with Crippen LogP contribution in [0.4, 0.5) is 4.79 Å². The van der Waals surface area contributed by atoms with Crippen molar-refractivity contribution in [3.63, 3.8) is 0 Å². The highest BCUT2D eigenvalue weighted by atomic mass is 16.6. The van der Waals surface area contributed by atoms with Crippen LogP contribution in [-0.2, 0) is 28.5 Å². The Labute approximate surface area is 195 Å². The molecule has 4 N–H and O–H groups in total. The zero-order valence-electron chi connectivity index (χ0n) is 19.9. The number of alkyl carbamates (subject to hydrolysis) is 1. The van der Waals surface area contributed by atoms with Gasteiger partial charge in [-0.05, 0) is 37.8 Å². The van der Waals surface area contributed by atoms with E-state index in [1.807, 2.05) is 0 Å². The highest BCUT2D eigenvalue weighted by Gasteiger charge is 2.35. The minimum absolute atomic E-state index is 0.0499. The van der Waals surface area contributed by atoms with Crippen molar-refractivity contribution in [1.29, 1.82) is 0 Å². The number of ether oxygens (including phenoxy) is 5. The first-order valence-corrected chi connectivity index (χ1v) is 11.1. The van der Waals surface area contributed by atoms with Gasteiger partial charge < -0.3 is 40.1 Å². The second-order valence-corrected chi connectivity index (χ2v) is 7.33. The fourth-order valence-corrected chi connectivity index (χ4v) is 2.64. The fourth-order valence-electron chi connectivity index (χ4n) is 2.64. The lowest BCUT2D eigenvalue weighted by molar-refractivity contribution is -0.127. The number of carbonyl (C=O) groups excluding carboxylic acids is 2. The van der Waals surface area contributed by atoms with E-state index < -0.39 is 11.6 Å². The van der Waals surface area contributed by atoms with E-state index in [0.717, 1.165) is 12.8 Å². The average Bonchev–Trinajstić information content (AvgIpc) is 2.81. The zero-order chi connectivity index (χ0) is 24.6. The minimum atomic E-state index is -1.10. The molecule has 0 spiro atoms. The van der Waals surface area contributed by atoms with E-state index in [4.69, 9.17) is 34.9 Å². The monoisotopic (exact) mass is 476 g/mol. The fraction of sp³-hybridized carbons (Fsp3) is 0.900. The Bertz CT molecular complexity index is 549. The Morgan fingerprint density at radius 1 is 0.970 bits per heavy atom. The molecular formula is C20H40N6O7. The van der Waals surface area contributed by atoms with Crippen LogP contribution in [0, 0.1) is 0 Å². The molecule has 0 unspecified atom stereocenters. The van der Waals surface area contributed by atoms with E-state index in [-0.39, 0.29) is 32.1 Å². The Morgan fingerprint density at radius 3 is 2.21 bits per heavy atom. The number of methoxy groups -OCH3 is 2. The molecule has 0 radical (unpaired) electrons. The van der Waals surface area contributed by atoms with Gasteiger partial charge in [-0.2, -0.15) is 0 Å². The molecular weight excluding hydrogens is 436 g/mol. The van der Waals surface area contributed by atoms with Gasteiger partial charge >= 0.3 is 6.09 Å². The van der Waals surface area contributed by atoms with Crippen molar-refractivity contribution in [1.82, 2.24) is 10.6 Å². The van der Waals surface area contributed by atoms with Crippen molar-refractivity contribution in [2.45, 2.75) is 37.6 Å². The summed E-state index contributed by atoms with van der Waals surface area (Å²) in [6, 6.07) is 0. The maximum Gasteiger partial charge on any atom is 0.407 e. The van der Waals surface area contributed by atoms with E-state index in [1.165, 1.54) is 0 Å². The summed E-state index contributed by atoms with van der Waals surface area (Å²) in [7, 11) is 3.11. The average molecular weight is 477 g/mol. The number of carbonyl (C=O) groups is 2. The number of amides is 2. The van der Waals surface area contributed by atoms with Gasteiger partial charge in [-0.3, -0.25) is 4.79 Å². The molecule has 0 heterocycles. The topological polar surface area (TPSA) is 179 Å². The van der Waals surface area contributed by atoms with Gasteiger partial charge in [-0.15, -0.1) is 0 Å². The molecule has 0 aromatic heterocycles. The minimum Gasteiger partial charge on any atom is -0.447 e. The number of nitrogens with zero attached hydrogens (tertiary/aromatic N) is 3. The third-order valence-corrected chi connectivity index (χ3v) is 4.38. The van der Waals surface area contributed by atoms with Crippen LogP contribution in [0.1, 0.15) is 32.1 Å². The van der Waals surface area contributed by atoms with E-state index in [1.54, 1.807) is 14.2 Å². The molecule has 0 aliphatic heterocycles. The third-order valence-electron chi connectivity index (χ3n) is 4.38. The zero-order valence-corrected chi connectivity index (χ0v) is 19.9. The molecule has 13 heteroatoms. The predicted octanol–water partition coefficient (Wildman–Crippen LogP) is 1.11. The molecule has 0 rings (SSSR count). The van der Waals surface area contributed by atoms with Crippen LogP contribution >= 0.6 is 0 Å². The SMILES string of the molecule is COCCOCC(COCCOC)(COC(=O)NCCCCN)NC(=O)CCCCN=[N+]=[N-]. The van der Waals surface area contributed by atoms with Crippen LogP contribution in [-0.4, -0.2) is 97.6 Å². The Hall–Kier alpha value is -2.15. The normalized spacial score (nSPS) is 11.0. The number of hydrogen-bond acceptors (Lipinski definition) is 9. The lowest BCUT2D eigenvalue weighted by Gasteiger charge is -2.34. The predicted molar refractivity (Wildman–Crippen MR) is 122 cm³/mol. The van der Waals surface area contributed by atoms with Gasteiger partial charge in [0.05, 0.1) is 39.6 Å². The standard InChI is InChI=1S/C20H40N6O7/c1-29-11-13-31-15-20(16-32-14-12-30-2,17-33-19(28)23-9-6-4-8-21)25-18(27)7-3-5-10-24-26-22/h3-17,21H2,1-2H3,(H,23,28)(H,25,27). The van der Waals surface area contributed by atoms with Crippen LogP contribution in [0.15, 0.2) is 5.11 Å². The Morgan fingerprint density at radius 2 is 1.64 bits per heavy atom. The van der Waals surface area contributed by atoms with Crippen LogP contribution in [0.3, 0.4) is 0 Å². The number of nitrogens with one attached hydrogen (secondary N) is 2. The molecule has 0 aliphatic carbocycles. The smallest absolute Gasteiger partial charge is 0.407 e. The number of azide groups is 1. The first kappa shape index (κ1) is 30.9. The van der Waals surface area contributed by atoms with E-state index in [0.29, 0.717) is 58.9 Å². The van der Waals surface area contributed by atoms with Gasteiger partial charge in [0.2, 0.25) is 5.91 Å². The highest BCUT2D eigenvalue weighted by molar-refractivity contribution is 5.77. The van der Waals surface area contributed by atoms with Crippen LogP contribution in [0.25, 0.3) is 10.4 Å².